The number of ether oxygens (including phenoxy) is 1. The molecule has 84 valence electrons. The second-order valence-electron chi connectivity index (χ2n) is 2.95. The van der Waals surface area contributed by atoms with Gasteiger partial charge in [0.1, 0.15) is 12.4 Å². The smallest absolute Gasteiger partial charge is 0.178 e. The molecule has 0 atom stereocenters. The standard InChI is InChI=1S/C10H14O4S/c1-2-15(12,13)10-5-3-9(4-6-10)14-8-7-11/h3-6,11H,2,7-8H2,1H3. The van der Waals surface area contributed by atoms with Crippen LogP contribution in [0.1, 0.15) is 6.92 Å². The van der Waals surface area contributed by atoms with Crippen LogP contribution in [0.25, 0.3) is 0 Å². The molecule has 1 aromatic carbocycles. The summed E-state index contributed by atoms with van der Waals surface area (Å²) in [5, 5.41) is 8.53. The van der Waals surface area contributed by atoms with Crippen molar-refractivity contribution in [3.8, 4) is 5.75 Å². The Morgan fingerprint density at radius 3 is 2.33 bits per heavy atom. The van der Waals surface area contributed by atoms with Crippen LogP contribution in [0.15, 0.2) is 29.2 Å². The minimum Gasteiger partial charge on any atom is -0.491 e. The van der Waals surface area contributed by atoms with Gasteiger partial charge in [-0.15, -0.1) is 0 Å². The Morgan fingerprint density at radius 2 is 1.87 bits per heavy atom. The highest BCUT2D eigenvalue weighted by atomic mass is 32.2. The zero-order valence-electron chi connectivity index (χ0n) is 8.51. The van der Waals surface area contributed by atoms with Crippen LogP contribution in [-0.4, -0.2) is 32.5 Å². The van der Waals surface area contributed by atoms with E-state index in [1.807, 2.05) is 0 Å². The number of hydrogen-bond acceptors (Lipinski definition) is 4. The van der Waals surface area contributed by atoms with Crippen LogP contribution in [-0.2, 0) is 9.84 Å². The molecule has 0 saturated carbocycles. The van der Waals surface area contributed by atoms with Gasteiger partial charge < -0.3 is 9.84 Å². The van der Waals surface area contributed by atoms with Crippen LogP contribution in [0.5, 0.6) is 5.75 Å². The predicted molar refractivity (Wildman–Crippen MR) is 56.7 cm³/mol. The summed E-state index contributed by atoms with van der Waals surface area (Å²) in [5.41, 5.74) is 0. The second-order valence-corrected chi connectivity index (χ2v) is 5.23. The van der Waals surface area contributed by atoms with Crippen molar-refractivity contribution in [1.82, 2.24) is 0 Å². The summed E-state index contributed by atoms with van der Waals surface area (Å²) in [7, 11) is -3.14. The van der Waals surface area contributed by atoms with E-state index >= 15 is 0 Å². The Morgan fingerprint density at radius 1 is 1.27 bits per heavy atom. The fourth-order valence-electron chi connectivity index (χ4n) is 1.07. The van der Waals surface area contributed by atoms with Gasteiger partial charge in [-0.25, -0.2) is 8.42 Å². The molecule has 0 spiro atoms. The summed E-state index contributed by atoms with van der Waals surface area (Å²) < 4.78 is 28.0. The summed E-state index contributed by atoms with van der Waals surface area (Å²) in [5.74, 6) is 0.642. The molecule has 1 rings (SSSR count). The van der Waals surface area contributed by atoms with Gasteiger partial charge in [-0.2, -0.15) is 0 Å². The Hall–Kier alpha value is -1.07. The third-order valence-electron chi connectivity index (χ3n) is 1.92. The topological polar surface area (TPSA) is 63.6 Å². The molecule has 15 heavy (non-hydrogen) atoms. The van der Waals surface area contributed by atoms with Crippen molar-refractivity contribution in [3.63, 3.8) is 0 Å². The molecule has 1 aromatic rings. The van der Waals surface area contributed by atoms with Crippen LogP contribution >= 0.6 is 0 Å². The Labute approximate surface area is 89.4 Å². The third kappa shape index (κ3) is 3.21. The molecule has 0 aliphatic rings. The predicted octanol–water partition coefficient (Wildman–Crippen LogP) is 0.851. The first-order chi connectivity index (χ1) is 7.10. The zero-order chi connectivity index (χ0) is 11.3. The van der Waals surface area contributed by atoms with Crippen molar-refractivity contribution >= 4 is 9.84 Å². The van der Waals surface area contributed by atoms with Gasteiger partial charge >= 0.3 is 0 Å². The third-order valence-corrected chi connectivity index (χ3v) is 3.67. The molecular weight excluding hydrogens is 216 g/mol. The molecule has 0 aliphatic heterocycles. The van der Waals surface area contributed by atoms with Gasteiger partial charge in [0.15, 0.2) is 9.84 Å². The molecule has 1 N–H and O–H groups in total. The first-order valence-corrected chi connectivity index (χ1v) is 6.32. The molecule has 5 heteroatoms. The summed E-state index contributed by atoms with van der Waals surface area (Å²) >= 11 is 0. The van der Waals surface area contributed by atoms with Gasteiger partial charge in [0.05, 0.1) is 17.3 Å². The van der Waals surface area contributed by atoms with Crippen molar-refractivity contribution in [2.45, 2.75) is 11.8 Å². The van der Waals surface area contributed by atoms with Gasteiger partial charge in [-0.05, 0) is 24.3 Å². The Kier molecular flexibility index (Phi) is 4.11. The summed E-state index contributed by atoms with van der Waals surface area (Å²) in [4.78, 5) is 0.293. The lowest BCUT2D eigenvalue weighted by Crippen LogP contribution is -2.04. The van der Waals surface area contributed by atoms with Gasteiger partial charge in [0, 0.05) is 0 Å². The van der Waals surface area contributed by atoms with Crippen LogP contribution in [0.4, 0.5) is 0 Å². The highest BCUT2D eigenvalue weighted by Crippen LogP contribution is 2.16. The minimum atomic E-state index is -3.14. The summed E-state index contributed by atoms with van der Waals surface area (Å²) in [6, 6.07) is 6.17. The van der Waals surface area contributed by atoms with E-state index in [0.717, 1.165) is 0 Å². The van der Waals surface area contributed by atoms with Crippen molar-refractivity contribution in [2.24, 2.45) is 0 Å². The first kappa shape index (κ1) is 12.0. The second kappa shape index (κ2) is 5.14. The normalized spacial score (nSPS) is 11.3. The van der Waals surface area contributed by atoms with Crippen molar-refractivity contribution in [2.75, 3.05) is 19.0 Å². The fraction of sp³-hybridized carbons (Fsp3) is 0.400. The number of rotatable bonds is 5. The van der Waals surface area contributed by atoms with Crippen molar-refractivity contribution in [3.05, 3.63) is 24.3 Å². The van der Waals surface area contributed by atoms with Crippen LogP contribution < -0.4 is 4.74 Å². The SMILES string of the molecule is CCS(=O)(=O)c1ccc(OCCO)cc1. The number of aliphatic hydroxyl groups is 1. The lowest BCUT2D eigenvalue weighted by molar-refractivity contribution is 0.201. The van der Waals surface area contributed by atoms with Crippen LogP contribution in [0, 0.1) is 0 Å². The maximum absolute atomic E-state index is 11.4. The molecule has 0 saturated heterocycles. The number of sulfone groups is 1. The maximum Gasteiger partial charge on any atom is 0.178 e. The van der Waals surface area contributed by atoms with Crippen molar-refractivity contribution < 1.29 is 18.3 Å². The maximum atomic E-state index is 11.4. The molecule has 0 aromatic heterocycles. The molecule has 0 bridgehead atoms. The molecule has 4 nitrogen and oxygen atoms in total. The molecule has 0 heterocycles. The van der Waals surface area contributed by atoms with Crippen molar-refractivity contribution in [1.29, 1.82) is 0 Å². The zero-order valence-corrected chi connectivity index (χ0v) is 9.33. The van der Waals surface area contributed by atoms with E-state index in [-0.39, 0.29) is 19.0 Å². The van der Waals surface area contributed by atoms with E-state index in [1.165, 1.54) is 12.1 Å². The average Bonchev–Trinajstić information content (AvgIpc) is 2.27. The van der Waals surface area contributed by atoms with Gasteiger partial charge in [-0.1, -0.05) is 6.92 Å². The number of aliphatic hydroxyl groups excluding tert-OH is 1. The van der Waals surface area contributed by atoms with E-state index in [9.17, 15) is 8.42 Å². The molecule has 0 radical (unpaired) electrons. The van der Waals surface area contributed by atoms with Crippen LogP contribution in [0.3, 0.4) is 0 Å². The molecule has 0 fully saturated rings. The number of hydrogen-bond donors (Lipinski definition) is 1. The van der Waals surface area contributed by atoms with Crippen LogP contribution in [0.2, 0.25) is 0 Å². The summed E-state index contributed by atoms with van der Waals surface area (Å²) in [6.07, 6.45) is 0. The first-order valence-electron chi connectivity index (χ1n) is 4.66. The quantitative estimate of drug-likeness (QED) is 0.814. The van der Waals surface area contributed by atoms with E-state index in [0.29, 0.717) is 10.6 Å². The monoisotopic (exact) mass is 230 g/mol. The molecule has 0 aliphatic carbocycles. The average molecular weight is 230 g/mol. The Bertz CT molecular complexity index is 394. The highest BCUT2D eigenvalue weighted by Gasteiger charge is 2.10. The largest absolute Gasteiger partial charge is 0.491 e. The minimum absolute atomic E-state index is 0.0605. The molecule has 0 unspecified atom stereocenters. The van der Waals surface area contributed by atoms with Gasteiger partial charge in [0.2, 0.25) is 0 Å². The Balaban J connectivity index is 2.81. The van der Waals surface area contributed by atoms with Gasteiger partial charge in [0.25, 0.3) is 0 Å². The summed E-state index contributed by atoms with van der Waals surface area (Å²) in [6.45, 7) is 1.75. The number of benzene rings is 1. The molecular formula is C10H14O4S. The van der Waals surface area contributed by atoms with E-state index in [4.69, 9.17) is 9.84 Å². The fourth-order valence-corrected chi connectivity index (χ4v) is 1.96. The lowest BCUT2D eigenvalue weighted by Gasteiger charge is -2.05. The van der Waals surface area contributed by atoms with Gasteiger partial charge in [-0.3, -0.25) is 0 Å². The van der Waals surface area contributed by atoms with E-state index in [2.05, 4.69) is 0 Å². The lowest BCUT2D eigenvalue weighted by atomic mass is 10.3. The molecule has 0 amide bonds. The van der Waals surface area contributed by atoms with E-state index in [1.54, 1.807) is 19.1 Å². The van der Waals surface area contributed by atoms with E-state index < -0.39 is 9.84 Å². The highest BCUT2D eigenvalue weighted by molar-refractivity contribution is 7.91.